The van der Waals surface area contributed by atoms with Crippen molar-refractivity contribution in [3.8, 4) is 0 Å². The zero-order valence-corrected chi connectivity index (χ0v) is 18.5. The number of sulfonamides is 1. The maximum Gasteiger partial charge on any atom is 0.243 e. The number of benzene rings is 2. The summed E-state index contributed by atoms with van der Waals surface area (Å²) >= 11 is 0. The van der Waals surface area contributed by atoms with Crippen molar-refractivity contribution < 1.29 is 17.6 Å². The lowest BCUT2D eigenvalue weighted by Crippen LogP contribution is -2.31. The van der Waals surface area contributed by atoms with E-state index >= 15 is 0 Å². The van der Waals surface area contributed by atoms with Crippen LogP contribution in [-0.4, -0.2) is 36.7 Å². The van der Waals surface area contributed by atoms with Gasteiger partial charge in [-0.2, -0.15) is 4.31 Å². The van der Waals surface area contributed by atoms with Gasteiger partial charge in [0.15, 0.2) is 11.5 Å². The zero-order valence-electron chi connectivity index (χ0n) is 17.6. The van der Waals surface area contributed by atoms with Gasteiger partial charge in [-0.05, 0) is 55.2 Å². The van der Waals surface area contributed by atoms with Crippen molar-refractivity contribution in [1.82, 2.24) is 9.29 Å². The summed E-state index contributed by atoms with van der Waals surface area (Å²) in [5.74, 6) is 0.473. The Labute approximate surface area is 182 Å². The van der Waals surface area contributed by atoms with Crippen LogP contribution in [0, 0.1) is 6.92 Å². The normalized spacial score (nSPS) is 15.6. The van der Waals surface area contributed by atoms with E-state index in [9.17, 15) is 13.2 Å². The highest BCUT2D eigenvalue weighted by atomic mass is 32.2. The standard InChI is InChI=1S/C23H27N3O4S/c1-17-24-21-16-19(9-12-22(21)30-17)25-23(27)13-8-18-6-10-20(11-7-18)31(28,29)26-14-4-2-3-5-15-26/h6-7,9-12,16H,2-5,8,13-15H2,1H3,(H,25,27). The number of fused-ring (bicyclic) bond motifs is 1. The molecule has 1 aliphatic heterocycles. The molecule has 0 unspecified atom stereocenters. The van der Waals surface area contributed by atoms with E-state index < -0.39 is 10.0 Å². The number of nitrogens with zero attached hydrogens (tertiary/aromatic N) is 2. The van der Waals surface area contributed by atoms with Crippen molar-refractivity contribution in [2.24, 2.45) is 0 Å². The Morgan fingerprint density at radius 3 is 2.48 bits per heavy atom. The first-order valence-corrected chi connectivity index (χ1v) is 12.1. The number of nitrogens with one attached hydrogen (secondary N) is 1. The van der Waals surface area contributed by atoms with Crippen molar-refractivity contribution >= 4 is 32.7 Å². The topological polar surface area (TPSA) is 92.5 Å². The molecule has 1 N–H and O–H groups in total. The zero-order chi connectivity index (χ0) is 21.8. The summed E-state index contributed by atoms with van der Waals surface area (Å²) in [6, 6.07) is 12.2. The highest BCUT2D eigenvalue weighted by molar-refractivity contribution is 7.89. The minimum atomic E-state index is -3.45. The van der Waals surface area contributed by atoms with Gasteiger partial charge >= 0.3 is 0 Å². The second-order valence-corrected chi connectivity index (χ2v) is 9.86. The predicted molar refractivity (Wildman–Crippen MR) is 119 cm³/mol. The summed E-state index contributed by atoms with van der Waals surface area (Å²) in [5.41, 5.74) is 2.99. The van der Waals surface area contributed by atoms with Gasteiger partial charge in [-0.3, -0.25) is 4.79 Å². The van der Waals surface area contributed by atoms with Gasteiger partial charge in [0.2, 0.25) is 15.9 Å². The monoisotopic (exact) mass is 441 g/mol. The Morgan fingerprint density at radius 1 is 1.06 bits per heavy atom. The fourth-order valence-corrected chi connectivity index (χ4v) is 5.38. The van der Waals surface area contributed by atoms with Gasteiger partial charge in [-0.15, -0.1) is 0 Å². The number of hydrogen-bond donors (Lipinski definition) is 1. The van der Waals surface area contributed by atoms with Crippen molar-refractivity contribution in [2.75, 3.05) is 18.4 Å². The molecule has 1 aromatic heterocycles. The second kappa shape index (κ2) is 9.20. The van der Waals surface area contributed by atoms with E-state index in [4.69, 9.17) is 4.42 Å². The Kier molecular flexibility index (Phi) is 6.38. The molecule has 0 atom stereocenters. The first-order chi connectivity index (χ1) is 14.9. The predicted octanol–water partition coefficient (Wildman–Crippen LogP) is 4.27. The molecule has 0 radical (unpaired) electrons. The number of anilines is 1. The van der Waals surface area contributed by atoms with Gasteiger partial charge in [0.1, 0.15) is 5.52 Å². The second-order valence-electron chi connectivity index (χ2n) is 7.93. The molecular formula is C23H27N3O4S. The maximum atomic E-state index is 12.9. The van der Waals surface area contributed by atoms with Crippen LogP contribution >= 0.6 is 0 Å². The third kappa shape index (κ3) is 5.14. The van der Waals surface area contributed by atoms with Crippen LogP contribution in [0.1, 0.15) is 43.6 Å². The molecule has 164 valence electrons. The minimum Gasteiger partial charge on any atom is -0.441 e. The van der Waals surface area contributed by atoms with Crippen molar-refractivity contribution in [3.05, 3.63) is 53.9 Å². The number of carbonyl (C=O) groups is 1. The first-order valence-electron chi connectivity index (χ1n) is 10.7. The molecular weight excluding hydrogens is 414 g/mol. The van der Waals surface area contributed by atoms with Crippen LogP contribution in [0.25, 0.3) is 11.1 Å². The summed E-state index contributed by atoms with van der Waals surface area (Å²) in [6.45, 7) is 2.95. The maximum absolute atomic E-state index is 12.9. The number of aryl methyl sites for hydroxylation is 2. The summed E-state index contributed by atoms with van der Waals surface area (Å²) < 4.78 is 32.8. The summed E-state index contributed by atoms with van der Waals surface area (Å²) in [4.78, 5) is 16.9. The molecule has 1 aliphatic rings. The van der Waals surface area contributed by atoms with Crippen molar-refractivity contribution in [1.29, 1.82) is 0 Å². The number of amides is 1. The van der Waals surface area contributed by atoms with E-state index in [0.717, 1.165) is 31.2 Å². The number of rotatable bonds is 6. The molecule has 0 bridgehead atoms. The molecule has 1 saturated heterocycles. The van der Waals surface area contributed by atoms with Gasteiger partial charge < -0.3 is 9.73 Å². The van der Waals surface area contributed by atoms with E-state index in [-0.39, 0.29) is 5.91 Å². The summed E-state index contributed by atoms with van der Waals surface area (Å²) in [7, 11) is -3.45. The fourth-order valence-electron chi connectivity index (χ4n) is 3.86. The summed E-state index contributed by atoms with van der Waals surface area (Å²) in [6.07, 6.45) is 4.82. The molecule has 8 heteroatoms. The number of hydrogen-bond acceptors (Lipinski definition) is 5. The van der Waals surface area contributed by atoms with Crippen LogP contribution < -0.4 is 5.32 Å². The molecule has 4 rings (SSSR count). The largest absolute Gasteiger partial charge is 0.441 e. The number of aromatic nitrogens is 1. The highest BCUT2D eigenvalue weighted by Gasteiger charge is 2.24. The molecule has 7 nitrogen and oxygen atoms in total. The van der Waals surface area contributed by atoms with E-state index in [1.165, 1.54) is 0 Å². The molecule has 1 amide bonds. The van der Waals surface area contributed by atoms with Gasteiger partial charge in [0, 0.05) is 32.1 Å². The van der Waals surface area contributed by atoms with Crippen LogP contribution in [0.5, 0.6) is 0 Å². The molecule has 31 heavy (non-hydrogen) atoms. The Morgan fingerprint density at radius 2 is 1.77 bits per heavy atom. The Balaban J connectivity index is 1.34. The van der Waals surface area contributed by atoms with Crippen LogP contribution in [0.2, 0.25) is 0 Å². The molecule has 0 saturated carbocycles. The molecule has 2 heterocycles. The molecule has 0 aliphatic carbocycles. The Bertz CT molecular complexity index is 1160. The first kappa shape index (κ1) is 21.5. The lowest BCUT2D eigenvalue weighted by molar-refractivity contribution is -0.116. The van der Waals surface area contributed by atoms with Crippen molar-refractivity contribution in [2.45, 2.75) is 50.3 Å². The molecule has 1 fully saturated rings. The van der Waals surface area contributed by atoms with Gasteiger partial charge in [0.05, 0.1) is 4.90 Å². The fraction of sp³-hybridized carbons (Fsp3) is 0.391. The van der Waals surface area contributed by atoms with Crippen LogP contribution in [0.4, 0.5) is 5.69 Å². The lowest BCUT2D eigenvalue weighted by atomic mass is 10.1. The average molecular weight is 442 g/mol. The van der Waals surface area contributed by atoms with Gasteiger partial charge in [-0.25, -0.2) is 13.4 Å². The van der Waals surface area contributed by atoms with Crippen LogP contribution in [-0.2, 0) is 21.2 Å². The van der Waals surface area contributed by atoms with Crippen molar-refractivity contribution in [3.63, 3.8) is 0 Å². The van der Waals surface area contributed by atoms with Gasteiger partial charge in [0.25, 0.3) is 0 Å². The smallest absolute Gasteiger partial charge is 0.243 e. The summed E-state index contributed by atoms with van der Waals surface area (Å²) in [5, 5.41) is 2.87. The molecule has 2 aromatic carbocycles. The number of carbonyl (C=O) groups excluding carboxylic acids is 1. The van der Waals surface area contributed by atoms with Crippen LogP contribution in [0.3, 0.4) is 0 Å². The molecule has 0 spiro atoms. The third-order valence-corrected chi connectivity index (χ3v) is 7.46. The van der Waals surface area contributed by atoms with E-state index in [1.807, 2.05) is 0 Å². The van der Waals surface area contributed by atoms with E-state index in [2.05, 4.69) is 10.3 Å². The molecule has 3 aromatic rings. The van der Waals surface area contributed by atoms with E-state index in [1.54, 1.807) is 53.7 Å². The third-order valence-electron chi connectivity index (χ3n) is 5.55. The quantitative estimate of drug-likeness (QED) is 0.617. The minimum absolute atomic E-state index is 0.110. The van der Waals surface area contributed by atoms with E-state index in [0.29, 0.717) is 53.5 Å². The highest BCUT2D eigenvalue weighted by Crippen LogP contribution is 2.22. The van der Waals surface area contributed by atoms with Gasteiger partial charge in [-0.1, -0.05) is 25.0 Å². The average Bonchev–Trinajstić information content (AvgIpc) is 2.93. The number of oxazole rings is 1. The van der Waals surface area contributed by atoms with Crippen LogP contribution in [0.15, 0.2) is 51.8 Å². The Hall–Kier alpha value is -2.71. The lowest BCUT2D eigenvalue weighted by Gasteiger charge is -2.20. The SMILES string of the molecule is Cc1nc2cc(NC(=O)CCc3ccc(S(=O)(=O)N4CCCCCC4)cc3)ccc2o1.